The molecule has 10 heteroatoms. The standard InChI is InChI=1S/C22H23F3N2O4S/c1-15-13-17-5-2-3-8-20(17)27(15)21(28)16-9-11-26(12-10-16)32(29,30)19-7-4-6-18(14-19)31-22(23,24)25/h2-8,14-16H,9-13H2,1H3. The van der Waals surface area contributed by atoms with Gasteiger partial charge in [-0.3, -0.25) is 4.79 Å². The van der Waals surface area contributed by atoms with Crippen LogP contribution < -0.4 is 9.64 Å². The SMILES string of the molecule is CC1Cc2ccccc2N1C(=O)C1CCN(S(=O)(=O)c2cccc(OC(F)(F)F)c2)CC1. The molecule has 0 aliphatic carbocycles. The molecule has 0 radical (unpaired) electrons. The molecule has 0 aromatic heterocycles. The highest BCUT2D eigenvalue weighted by molar-refractivity contribution is 7.89. The van der Waals surface area contributed by atoms with Crippen LogP contribution in [0.15, 0.2) is 53.4 Å². The van der Waals surface area contributed by atoms with Crippen molar-refractivity contribution < 1.29 is 31.1 Å². The van der Waals surface area contributed by atoms with Crippen molar-refractivity contribution in [2.24, 2.45) is 5.92 Å². The lowest BCUT2D eigenvalue weighted by Gasteiger charge is -2.34. The van der Waals surface area contributed by atoms with Gasteiger partial charge in [0.05, 0.1) is 4.90 Å². The van der Waals surface area contributed by atoms with E-state index in [0.717, 1.165) is 29.8 Å². The molecular formula is C22H23F3N2O4S. The van der Waals surface area contributed by atoms with Crippen LogP contribution in [0.25, 0.3) is 0 Å². The van der Waals surface area contributed by atoms with Gasteiger partial charge >= 0.3 is 6.36 Å². The lowest BCUT2D eigenvalue weighted by atomic mass is 9.96. The van der Waals surface area contributed by atoms with Crippen LogP contribution in [0, 0.1) is 5.92 Å². The number of rotatable bonds is 4. The second-order valence-corrected chi connectivity index (χ2v) is 10.0. The molecule has 2 aliphatic rings. The molecule has 2 heterocycles. The normalized spacial score (nSPS) is 20.2. The largest absolute Gasteiger partial charge is 0.573 e. The zero-order valence-corrected chi connectivity index (χ0v) is 18.2. The number of para-hydroxylation sites is 1. The first-order chi connectivity index (χ1) is 15.1. The number of hydrogen-bond donors (Lipinski definition) is 0. The average molecular weight is 468 g/mol. The molecule has 1 fully saturated rings. The molecule has 1 amide bonds. The van der Waals surface area contributed by atoms with E-state index in [2.05, 4.69) is 4.74 Å². The third kappa shape index (κ3) is 4.47. The van der Waals surface area contributed by atoms with E-state index >= 15 is 0 Å². The number of sulfonamides is 1. The second kappa shape index (κ2) is 8.40. The number of fused-ring (bicyclic) bond motifs is 1. The maximum Gasteiger partial charge on any atom is 0.573 e. The summed E-state index contributed by atoms with van der Waals surface area (Å²) in [6.45, 7) is 2.23. The Morgan fingerprint density at radius 3 is 2.44 bits per heavy atom. The Kier molecular flexibility index (Phi) is 5.93. The summed E-state index contributed by atoms with van der Waals surface area (Å²) in [5.74, 6) is -0.916. The Morgan fingerprint density at radius 1 is 1.06 bits per heavy atom. The fraction of sp³-hybridized carbons (Fsp3) is 0.409. The average Bonchev–Trinajstić information content (AvgIpc) is 3.08. The van der Waals surface area contributed by atoms with Crippen molar-refractivity contribution in [1.29, 1.82) is 0 Å². The fourth-order valence-corrected chi connectivity index (χ4v) is 5.93. The summed E-state index contributed by atoms with van der Waals surface area (Å²) >= 11 is 0. The van der Waals surface area contributed by atoms with Gasteiger partial charge in [0.15, 0.2) is 0 Å². The number of anilines is 1. The van der Waals surface area contributed by atoms with E-state index in [1.807, 2.05) is 36.1 Å². The lowest BCUT2D eigenvalue weighted by Crippen LogP contribution is -2.46. The number of ether oxygens (including phenoxy) is 1. The number of halogens is 3. The molecule has 2 aromatic rings. The van der Waals surface area contributed by atoms with Crippen LogP contribution >= 0.6 is 0 Å². The number of benzene rings is 2. The molecular weight excluding hydrogens is 445 g/mol. The van der Waals surface area contributed by atoms with Gasteiger partial charge in [0.25, 0.3) is 0 Å². The van der Waals surface area contributed by atoms with Gasteiger partial charge in [0.2, 0.25) is 15.9 Å². The number of carbonyl (C=O) groups is 1. The lowest BCUT2D eigenvalue weighted by molar-refractivity contribution is -0.274. The van der Waals surface area contributed by atoms with E-state index in [0.29, 0.717) is 12.8 Å². The molecule has 2 aromatic carbocycles. The summed E-state index contributed by atoms with van der Waals surface area (Å²) in [5.41, 5.74) is 2.02. The van der Waals surface area contributed by atoms with Gasteiger partial charge in [-0.15, -0.1) is 13.2 Å². The molecule has 0 bridgehead atoms. The van der Waals surface area contributed by atoms with Crippen molar-refractivity contribution in [3.63, 3.8) is 0 Å². The van der Waals surface area contributed by atoms with Crippen LogP contribution in [-0.2, 0) is 21.2 Å². The minimum atomic E-state index is -4.91. The fourth-order valence-electron chi connectivity index (χ4n) is 4.42. The van der Waals surface area contributed by atoms with E-state index in [4.69, 9.17) is 0 Å². The maximum absolute atomic E-state index is 13.2. The van der Waals surface area contributed by atoms with E-state index in [-0.39, 0.29) is 35.9 Å². The van der Waals surface area contributed by atoms with Crippen LogP contribution in [-0.4, -0.2) is 44.1 Å². The van der Waals surface area contributed by atoms with Crippen molar-refractivity contribution in [1.82, 2.24) is 4.31 Å². The van der Waals surface area contributed by atoms with Gasteiger partial charge in [0, 0.05) is 36.8 Å². The van der Waals surface area contributed by atoms with Crippen LogP contribution in [0.1, 0.15) is 25.3 Å². The molecule has 1 unspecified atom stereocenters. The third-order valence-electron chi connectivity index (χ3n) is 5.92. The number of piperidine rings is 1. The van der Waals surface area contributed by atoms with E-state index in [1.165, 1.54) is 16.4 Å². The van der Waals surface area contributed by atoms with Crippen molar-refractivity contribution in [3.8, 4) is 5.75 Å². The van der Waals surface area contributed by atoms with Crippen LogP contribution in [0.4, 0.5) is 18.9 Å². The summed E-state index contributed by atoms with van der Waals surface area (Å²) in [4.78, 5) is 14.7. The van der Waals surface area contributed by atoms with Crippen LogP contribution in [0.3, 0.4) is 0 Å². The Hall–Kier alpha value is -2.59. The summed E-state index contributed by atoms with van der Waals surface area (Å²) in [6, 6.07) is 12.2. The quantitative estimate of drug-likeness (QED) is 0.681. The number of nitrogens with zero attached hydrogens (tertiary/aromatic N) is 2. The Balaban J connectivity index is 1.45. The second-order valence-electron chi connectivity index (χ2n) is 8.09. The monoisotopic (exact) mass is 468 g/mol. The van der Waals surface area contributed by atoms with Gasteiger partial charge in [-0.25, -0.2) is 8.42 Å². The first-order valence-electron chi connectivity index (χ1n) is 10.3. The molecule has 0 saturated carbocycles. The number of amides is 1. The molecule has 6 nitrogen and oxygen atoms in total. The Labute approximate surface area is 184 Å². The number of hydrogen-bond acceptors (Lipinski definition) is 4. The topological polar surface area (TPSA) is 66.9 Å². The van der Waals surface area contributed by atoms with Crippen molar-refractivity contribution in [2.45, 2.75) is 43.5 Å². The van der Waals surface area contributed by atoms with Crippen molar-refractivity contribution in [2.75, 3.05) is 18.0 Å². The minimum Gasteiger partial charge on any atom is -0.406 e. The van der Waals surface area contributed by atoms with Crippen LogP contribution in [0.5, 0.6) is 5.75 Å². The molecule has 4 rings (SSSR count). The highest BCUT2D eigenvalue weighted by atomic mass is 32.2. The molecule has 1 atom stereocenters. The smallest absolute Gasteiger partial charge is 0.406 e. The molecule has 1 saturated heterocycles. The van der Waals surface area contributed by atoms with Crippen molar-refractivity contribution >= 4 is 21.6 Å². The first kappa shape index (κ1) is 22.6. The molecule has 172 valence electrons. The van der Waals surface area contributed by atoms with Gasteiger partial charge in [-0.1, -0.05) is 24.3 Å². The van der Waals surface area contributed by atoms with E-state index in [1.54, 1.807) is 0 Å². The summed E-state index contributed by atoms with van der Waals surface area (Å²) in [7, 11) is -4.01. The predicted molar refractivity (Wildman–Crippen MR) is 112 cm³/mol. The van der Waals surface area contributed by atoms with Gasteiger partial charge < -0.3 is 9.64 Å². The third-order valence-corrected chi connectivity index (χ3v) is 7.82. The number of alkyl halides is 3. The van der Waals surface area contributed by atoms with Gasteiger partial charge in [-0.05, 0) is 49.9 Å². The maximum atomic E-state index is 13.2. The summed E-state index contributed by atoms with van der Waals surface area (Å²) in [6.07, 6.45) is -3.43. The number of carbonyl (C=O) groups excluding carboxylic acids is 1. The first-order valence-corrected chi connectivity index (χ1v) is 11.8. The minimum absolute atomic E-state index is 0.0138. The zero-order chi connectivity index (χ0) is 23.1. The summed E-state index contributed by atoms with van der Waals surface area (Å²) in [5, 5.41) is 0. The van der Waals surface area contributed by atoms with E-state index in [9.17, 15) is 26.4 Å². The highest BCUT2D eigenvalue weighted by Crippen LogP contribution is 2.35. The Morgan fingerprint density at radius 2 is 1.75 bits per heavy atom. The van der Waals surface area contributed by atoms with E-state index < -0.39 is 22.1 Å². The van der Waals surface area contributed by atoms with Gasteiger partial charge in [0.1, 0.15) is 5.75 Å². The predicted octanol–water partition coefficient (Wildman–Crippen LogP) is 3.96. The molecule has 0 N–H and O–H groups in total. The zero-order valence-electron chi connectivity index (χ0n) is 17.4. The molecule has 0 spiro atoms. The molecule has 32 heavy (non-hydrogen) atoms. The Bertz CT molecular complexity index is 1110. The van der Waals surface area contributed by atoms with Crippen LogP contribution in [0.2, 0.25) is 0 Å². The van der Waals surface area contributed by atoms with Crippen molar-refractivity contribution in [3.05, 3.63) is 54.1 Å². The highest BCUT2D eigenvalue weighted by Gasteiger charge is 2.38. The molecule has 2 aliphatic heterocycles. The summed E-state index contributed by atoms with van der Waals surface area (Å²) < 4.78 is 68.4. The van der Waals surface area contributed by atoms with Gasteiger partial charge in [-0.2, -0.15) is 4.31 Å².